The Hall–Kier alpha value is -2.15. The third-order valence-corrected chi connectivity index (χ3v) is 3.18. The van der Waals surface area contributed by atoms with Gasteiger partial charge in [0.05, 0.1) is 12.0 Å². The van der Waals surface area contributed by atoms with Crippen LogP contribution in [0.25, 0.3) is 0 Å². The molecule has 1 unspecified atom stereocenters. The summed E-state index contributed by atoms with van der Waals surface area (Å²) in [6, 6.07) is 3.95. The molecule has 0 aliphatic rings. The lowest BCUT2D eigenvalue weighted by molar-refractivity contribution is -0.385. The Kier molecular flexibility index (Phi) is 5.26. The smallest absolute Gasteiger partial charge is 0.312 e. The second kappa shape index (κ2) is 6.53. The predicted molar refractivity (Wildman–Crippen MR) is 80.3 cm³/mol. The Bertz CT molecular complexity index is 538. The summed E-state index contributed by atoms with van der Waals surface area (Å²) in [6.45, 7) is 5.84. The molecule has 116 valence electrons. The Morgan fingerprint density at radius 2 is 2.10 bits per heavy atom. The number of carbonyl (C=O) groups is 1. The van der Waals surface area contributed by atoms with E-state index < -0.39 is 4.92 Å². The van der Waals surface area contributed by atoms with Crippen molar-refractivity contribution in [3.8, 4) is 5.75 Å². The maximum Gasteiger partial charge on any atom is 0.312 e. The molecule has 1 rings (SSSR count). The molecular formula is C14H21N3O4. The molecule has 1 aromatic carbocycles. The number of hydrogen-bond donors (Lipinski definition) is 2. The molecule has 1 atom stereocenters. The summed E-state index contributed by atoms with van der Waals surface area (Å²) in [5.41, 5.74) is 5.89. The first-order valence-electron chi connectivity index (χ1n) is 6.53. The van der Waals surface area contributed by atoms with Crippen LogP contribution in [-0.4, -0.2) is 24.0 Å². The van der Waals surface area contributed by atoms with Gasteiger partial charge in [-0.3, -0.25) is 14.9 Å². The minimum Gasteiger partial charge on any atom is -0.490 e. The van der Waals surface area contributed by atoms with Gasteiger partial charge in [-0.1, -0.05) is 20.8 Å². The Labute approximate surface area is 123 Å². The Morgan fingerprint density at radius 1 is 1.48 bits per heavy atom. The van der Waals surface area contributed by atoms with Gasteiger partial charge in [0.2, 0.25) is 5.91 Å². The van der Waals surface area contributed by atoms with Crippen LogP contribution in [0.15, 0.2) is 18.2 Å². The molecule has 1 aromatic rings. The van der Waals surface area contributed by atoms with E-state index in [0.717, 1.165) is 0 Å². The standard InChI is InChI=1S/C14H21N3O4/c1-14(2,3)12(15)8-13(18)16-9-5-6-11(21-4)10(7-9)17(19)20/h5-7,12H,8,15H2,1-4H3,(H,16,18). The van der Waals surface area contributed by atoms with Gasteiger partial charge in [0, 0.05) is 24.2 Å². The number of hydrogen-bond acceptors (Lipinski definition) is 5. The van der Waals surface area contributed by atoms with E-state index in [9.17, 15) is 14.9 Å². The number of anilines is 1. The van der Waals surface area contributed by atoms with E-state index in [1.165, 1.54) is 19.2 Å². The lowest BCUT2D eigenvalue weighted by Gasteiger charge is -2.26. The van der Waals surface area contributed by atoms with Gasteiger partial charge in [0.25, 0.3) is 0 Å². The van der Waals surface area contributed by atoms with E-state index in [-0.39, 0.29) is 35.2 Å². The maximum absolute atomic E-state index is 11.9. The highest BCUT2D eigenvalue weighted by Crippen LogP contribution is 2.29. The molecule has 21 heavy (non-hydrogen) atoms. The molecule has 0 radical (unpaired) electrons. The molecule has 0 heterocycles. The second-order valence-corrected chi connectivity index (χ2v) is 5.87. The van der Waals surface area contributed by atoms with Gasteiger partial charge >= 0.3 is 5.69 Å². The number of nitrogens with zero attached hydrogens (tertiary/aromatic N) is 1. The molecule has 0 fully saturated rings. The highest BCUT2D eigenvalue weighted by atomic mass is 16.6. The van der Waals surface area contributed by atoms with Crippen molar-refractivity contribution in [3.63, 3.8) is 0 Å². The molecule has 0 saturated heterocycles. The zero-order chi connectivity index (χ0) is 16.2. The van der Waals surface area contributed by atoms with Gasteiger partial charge in [0.1, 0.15) is 0 Å². The fourth-order valence-corrected chi connectivity index (χ4v) is 1.63. The number of methoxy groups -OCH3 is 1. The minimum atomic E-state index is -0.560. The van der Waals surface area contributed by atoms with Crippen molar-refractivity contribution in [3.05, 3.63) is 28.3 Å². The van der Waals surface area contributed by atoms with E-state index >= 15 is 0 Å². The summed E-state index contributed by atoms with van der Waals surface area (Å²) in [4.78, 5) is 22.3. The highest BCUT2D eigenvalue weighted by Gasteiger charge is 2.23. The monoisotopic (exact) mass is 295 g/mol. The number of carbonyl (C=O) groups excluding carboxylic acids is 1. The molecule has 0 aromatic heterocycles. The first-order chi connectivity index (χ1) is 9.65. The molecule has 0 aliphatic carbocycles. The van der Waals surface area contributed by atoms with Gasteiger partial charge < -0.3 is 15.8 Å². The first kappa shape index (κ1) is 16.9. The summed E-state index contributed by atoms with van der Waals surface area (Å²) in [7, 11) is 1.35. The zero-order valence-corrected chi connectivity index (χ0v) is 12.7. The van der Waals surface area contributed by atoms with Crippen LogP contribution < -0.4 is 15.8 Å². The summed E-state index contributed by atoms with van der Waals surface area (Å²) in [6.07, 6.45) is 0.142. The lowest BCUT2D eigenvalue weighted by Crippen LogP contribution is -2.38. The quantitative estimate of drug-likeness (QED) is 0.640. The van der Waals surface area contributed by atoms with Crippen LogP contribution in [0.4, 0.5) is 11.4 Å². The number of nitrogens with two attached hydrogens (primary N) is 1. The molecule has 0 bridgehead atoms. The summed E-state index contributed by atoms with van der Waals surface area (Å²) in [5.74, 6) is -0.138. The lowest BCUT2D eigenvalue weighted by atomic mass is 9.85. The van der Waals surface area contributed by atoms with Crippen LogP contribution in [0.2, 0.25) is 0 Å². The number of rotatable bonds is 5. The second-order valence-electron chi connectivity index (χ2n) is 5.87. The SMILES string of the molecule is COc1ccc(NC(=O)CC(N)C(C)(C)C)cc1[N+](=O)[O-]. The fourth-order valence-electron chi connectivity index (χ4n) is 1.63. The van der Waals surface area contributed by atoms with Crippen molar-refractivity contribution in [2.75, 3.05) is 12.4 Å². The predicted octanol–water partition coefficient (Wildman–Crippen LogP) is 2.31. The first-order valence-corrected chi connectivity index (χ1v) is 6.53. The van der Waals surface area contributed by atoms with Gasteiger partial charge in [-0.25, -0.2) is 0 Å². The molecule has 3 N–H and O–H groups in total. The van der Waals surface area contributed by atoms with Gasteiger partial charge in [-0.2, -0.15) is 0 Å². The van der Waals surface area contributed by atoms with Crippen LogP contribution >= 0.6 is 0 Å². The van der Waals surface area contributed by atoms with Crippen LogP contribution in [0, 0.1) is 15.5 Å². The van der Waals surface area contributed by atoms with Crippen molar-refractivity contribution in [1.82, 2.24) is 0 Å². The normalized spacial score (nSPS) is 12.6. The Balaban J connectivity index is 2.82. The number of nitrogens with one attached hydrogen (secondary N) is 1. The van der Waals surface area contributed by atoms with Gasteiger partial charge in [-0.15, -0.1) is 0 Å². The number of nitro benzene ring substituents is 1. The summed E-state index contributed by atoms with van der Waals surface area (Å²) < 4.78 is 4.90. The van der Waals surface area contributed by atoms with Crippen LogP contribution in [0.1, 0.15) is 27.2 Å². The average molecular weight is 295 g/mol. The van der Waals surface area contributed by atoms with Gasteiger partial charge in [-0.05, 0) is 17.5 Å². The molecular weight excluding hydrogens is 274 g/mol. The van der Waals surface area contributed by atoms with Crippen molar-refractivity contribution in [2.24, 2.45) is 11.1 Å². The highest BCUT2D eigenvalue weighted by molar-refractivity contribution is 5.91. The van der Waals surface area contributed by atoms with Crippen molar-refractivity contribution < 1.29 is 14.5 Å². The number of nitro groups is 1. The summed E-state index contributed by atoms with van der Waals surface area (Å²) in [5, 5.41) is 13.5. The molecule has 7 heteroatoms. The van der Waals surface area contributed by atoms with Crippen molar-refractivity contribution in [1.29, 1.82) is 0 Å². The average Bonchev–Trinajstić information content (AvgIpc) is 2.37. The number of ether oxygens (including phenoxy) is 1. The zero-order valence-electron chi connectivity index (χ0n) is 12.7. The van der Waals surface area contributed by atoms with E-state index in [4.69, 9.17) is 10.5 Å². The molecule has 0 aliphatic heterocycles. The van der Waals surface area contributed by atoms with Crippen LogP contribution in [0.5, 0.6) is 5.75 Å². The molecule has 0 spiro atoms. The maximum atomic E-state index is 11.9. The van der Waals surface area contributed by atoms with E-state index in [1.807, 2.05) is 20.8 Å². The van der Waals surface area contributed by atoms with Crippen molar-refractivity contribution in [2.45, 2.75) is 33.2 Å². The topological polar surface area (TPSA) is 107 Å². The van der Waals surface area contributed by atoms with Crippen molar-refractivity contribution >= 4 is 17.3 Å². The number of benzene rings is 1. The van der Waals surface area contributed by atoms with Crippen LogP contribution in [0.3, 0.4) is 0 Å². The molecule has 7 nitrogen and oxygen atoms in total. The van der Waals surface area contributed by atoms with E-state index in [0.29, 0.717) is 5.69 Å². The third-order valence-electron chi connectivity index (χ3n) is 3.18. The fraction of sp³-hybridized carbons (Fsp3) is 0.500. The van der Waals surface area contributed by atoms with E-state index in [2.05, 4.69) is 5.32 Å². The van der Waals surface area contributed by atoms with Crippen LogP contribution in [-0.2, 0) is 4.79 Å². The number of amides is 1. The largest absolute Gasteiger partial charge is 0.490 e. The Morgan fingerprint density at radius 3 is 2.57 bits per heavy atom. The third kappa shape index (κ3) is 4.71. The molecule has 0 saturated carbocycles. The van der Waals surface area contributed by atoms with Gasteiger partial charge in [0.15, 0.2) is 5.75 Å². The summed E-state index contributed by atoms with van der Waals surface area (Å²) >= 11 is 0. The minimum absolute atomic E-state index is 0.142. The molecule has 1 amide bonds. The van der Waals surface area contributed by atoms with E-state index in [1.54, 1.807) is 6.07 Å².